The van der Waals surface area contributed by atoms with Crippen LogP contribution in [0, 0.1) is 12.3 Å². The number of carbonyl (C=O) groups is 2. The van der Waals surface area contributed by atoms with Gasteiger partial charge in [-0.2, -0.15) is 0 Å². The van der Waals surface area contributed by atoms with Crippen molar-refractivity contribution >= 4 is 11.9 Å². The van der Waals surface area contributed by atoms with Crippen molar-refractivity contribution < 1.29 is 9.59 Å². The molecule has 2 fully saturated rings. The first-order valence-corrected chi connectivity index (χ1v) is 10.0. The molecule has 7 nitrogen and oxygen atoms in total. The van der Waals surface area contributed by atoms with Gasteiger partial charge >= 0.3 is 6.03 Å². The van der Waals surface area contributed by atoms with Gasteiger partial charge in [-0.3, -0.25) is 14.8 Å². The third-order valence-electron chi connectivity index (χ3n) is 6.03. The molecule has 0 aromatic carbocycles. The van der Waals surface area contributed by atoms with E-state index in [1.165, 1.54) is 0 Å². The van der Waals surface area contributed by atoms with Gasteiger partial charge in [0.2, 0.25) is 5.91 Å². The molecule has 3 rings (SSSR count). The van der Waals surface area contributed by atoms with Crippen molar-refractivity contribution in [2.75, 3.05) is 19.6 Å². The Morgan fingerprint density at radius 3 is 2.63 bits per heavy atom. The van der Waals surface area contributed by atoms with Crippen LogP contribution in [-0.4, -0.2) is 57.4 Å². The lowest BCUT2D eigenvalue weighted by atomic mass is 9.72. The summed E-state index contributed by atoms with van der Waals surface area (Å²) in [6.45, 7) is 8.80. The molecule has 1 aromatic rings. The number of hydrogen-bond acceptors (Lipinski definition) is 4. The molecule has 3 heterocycles. The van der Waals surface area contributed by atoms with Gasteiger partial charge in [0, 0.05) is 38.3 Å². The molecule has 0 saturated carbocycles. The smallest absolute Gasteiger partial charge is 0.317 e. The Morgan fingerprint density at radius 2 is 2.00 bits per heavy atom. The number of aromatic nitrogens is 2. The molecular formula is C20H31N5O2. The molecule has 27 heavy (non-hydrogen) atoms. The highest BCUT2D eigenvalue weighted by molar-refractivity contribution is 5.77. The highest BCUT2D eigenvalue weighted by atomic mass is 16.2. The van der Waals surface area contributed by atoms with E-state index < -0.39 is 0 Å². The molecular weight excluding hydrogens is 342 g/mol. The summed E-state index contributed by atoms with van der Waals surface area (Å²) in [5, 5.41) is 3.05. The lowest BCUT2D eigenvalue weighted by molar-refractivity contribution is -0.139. The molecule has 2 aliphatic heterocycles. The van der Waals surface area contributed by atoms with Crippen LogP contribution < -0.4 is 5.32 Å². The minimum Gasteiger partial charge on any atom is -0.336 e. The molecule has 1 aromatic heterocycles. The maximum absolute atomic E-state index is 12.4. The Bertz CT molecular complexity index is 667. The third-order valence-corrected chi connectivity index (χ3v) is 6.03. The fourth-order valence-corrected chi connectivity index (χ4v) is 3.94. The first-order valence-electron chi connectivity index (χ1n) is 10.0. The zero-order chi connectivity index (χ0) is 19.4. The minimum absolute atomic E-state index is 0.0397. The number of nitrogens with one attached hydrogen (secondary N) is 1. The summed E-state index contributed by atoms with van der Waals surface area (Å²) in [5.41, 5.74) is 1.83. The number of hydrogen-bond donors (Lipinski definition) is 1. The second kappa shape index (κ2) is 8.23. The monoisotopic (exact) mass is 373 g/mol. The summed E-state index contributed by atoms with van der Waals surface area (Å²) in [4.78, 5) is 37.3. The number of aryl methyl sites for hydroxylation is 1. The van der Waals surface area contributed by atoms with Crippen molar-refractivity contribution in [3.05, 3.63) is 23.8 Å². The van der Waals surface area contributed by atoms with Gasteiger partial charge < -0.3 is 15.1 Å². The Labute approximate surface area is 161 Å². The van der Waals surface area contributed by atoms with Crippen molar-refractivity contribution in [1.29, 1.82) is 0 Å². The zero-order valence-electron chi connectivity index (χ0n) is 16.7. The lowest BCUT2D eigenvalue weighted by Gasteiger charge is -2.47. The molecule has 148 valence electrons. The normalized spacial score (nSPS) is 20.6. The van der Waals surface area contributed by atoms with Crippen molar-refractivity contribution in [2.24, 2.45) is 5.41 Å². The predicted octanol–water partition coefficient (Wildman–Crippen LogP) is 2.50. The van der Waals surface area contributed by atoms with Gasteiger partial charge in [-0.05, 0) is 44.9 Å². The van der Waals surface area contributed by atoms with Crippen LogP contribution in [0.4, 0.5) is 4.79 Å². The molecule has 1 N–H and O–H groups in total. The van der Waals surface area contributed by atoms with Crippen LogP contribution in [-0.2, 0) is 11.3 Å². The first kappa shape index (κ1) is 19.6. The SMILES string of the molecule is CC[C@@H](C)NC(=O)N1CCC2(CCC(=O)N(Cc3cnc(C)cn3)C2)CC1. The quantitative estimate of drug-likeness (QED) is 0.879. The van der Waals surface area contributed by atoms with Gasteiger partial charge in [0.15, 0.2) is 0 Å². The topological polar surface area (TPSA) is 78.4 Å². The van der Waals surface area contributed by atoms with E-state index in [9.17, 15) is 9.59 Å². The Balaban J connectivity index is 1.58. The largest absolute Gasteiger partial charge is 0.336 e. The van der Waals surface area contributed by atoms with E-state index in [0.717, 1.165) is 56.7 Å². The summed E-state index contributed by atoms with van der Waals surface area (Å²) in [6, 6.07) is 0.240. The third kappa shape index (κ3) is 4.76. The average molecular weight is 374 g/mol. The van der Waals surface area contributed by atoms with Crippen LogP contribution in [0.2, 0.25) is 0 Å². The summed E-state index contributed by atoms with van der Waals surface area (Å²) in [7, 11) is 0. The first-order chi connectivity index (χ1) is 12.9. The van der Waals surface area contributed by atoms with Gasteiger partial charge in [-0.25, -0.2) is 4.79 Å². The molecule has 1 atom stereocenters. The van der Waals surface area contributed by atoms with Crippen LogP contribution in [0.25, 0.3) is 0 Å². The van der Waals surface area contributed by atoms with E-state index in [2.05, 4.69) is 22.2 Å². The zero-order valence-corrected chi connectivity index (χ0v) is 16.7. The van der Waals surface area contributed by atoms with E-state index in [4.69, 9.17) is 0 Å². The molecule has 2 aliphatic rings. The van der Waals surface area contributed by atoms with Gasteiger partial charge in [0.1, 0.15) is 0 Å². The average Bonchev–Trinajstić information content (AvgIpc) is 2.67. The Kier molecular flexibility index (Phi) is 5.97. The summed E-state index contributed by atoms with van der Waals surface area (Å²) in [5.74, 6) is 0.194. The van der Waals surface area contributed by atoms with Crippen molar-refractivity contribution in [2.45, 2.75) is 65.5 Å². The van der Waals surface area contributed by atoms with Crippen LogP contribution >= 0.6 is 0 Å². The van der Waals surface area contributed by atoms with Gasteiger partial charge in [0.25, 0.3) is 0 Å². The second-order valence-corrected chi connectivity index (χ2v) is 8.14. The van der Waals surface area contributed by atoms with Gasteiger partial charge in [-0.15, -0.1) is 0 Å². The predicted molar refractivity (Wildman–Crippen MR) is 103 cm³/mol. The van der Waals surface area contributed by atoms with Crippen LogP contribution in [0.3, 0.4) is 0 Å². The maximum atomic E-state index is 12.4. The van der Waals surface area contributed by atoms with E-state index in [1.807, 2.05) is 23.6 Å². The van der Waals surface area contributed by atoms with Crippen LogP contribution in [0.5, 0.6) is 0 Å². The number of amides is 3. The summed E-state index contributed by atoms with van der Waals surface area (Å²) in [6.07, 6.45) is 7.83. The number of nitrogens with zero attached hydrogens (tertiary/aromatic N) is 4. The summed E-state index contributed by atoms with van der Waals surface area (Å²) >= 11 is 0. The second-order valence-electron chi connectivity index (χ2n) is 8.14. The molecule has 0 radical (unpaired) electrons. The molecule has 0 bridgehead atoms. The number of piperidine rings is 2. The minimum atomic E-state index is 0.0397. The Hall–Kier alpha value is -2.18. The fraction of sp³-hybridized carbons (Fsp3) is 0.700. The highest BCUT2D eigenvalue weighted by Gasteiger charge is 2.41. The molecule has 0 unspecified atom stereocenters. The molecule has 0 aliphatic carbocycles. The van der Waals surface area contributed by atoms with Crippen LogP contribution in [0.15, 0.2) is 12.4 Å². The summed E-state index contributed by atoms with van der Waals surface area (Å²) < 4.78 is 0. The molecule has 2 saturated heterocycles. The number of carbonyl (C=O) groups excluding carboxylic acids is 2. The van der Waals surface area contributed by atoms with Gasteiger partial charge in [0.05, 0.1) is 24.1 Å². The standard InChI is InChI=1S/C20H31N5O2/c1-4-15(2)23-19(27)24-9-7-20(8-10-24)6-5-18(26)25(14-20)13-17-12-21-16(3)11-22-17/h11-12,15H,4-10,13-14H2,1-3H3,(H,23,27)/t15-/m1/s1. The fourth-order valence-electron chi connectivity index (χ4n) is 3.94. The molecule has 1 spiro atoms. The van der Waals surface area contributed by atoms with E-state index in [-0.39, 0.29) is 23.4 Å². The number of urea groups is 1. The number of likely N-dealkylation sites (tertiary alicyclic amines) is 2. The van der Waals surface area contributed by atoms with Crippen molar-refractivity contribution in [3.8, 4) is 0 Å². The lowest BCUT2D eigenvalue weighted by Crippen LogP contribution is -2.54. The molecule has 7 heteroatoms. The Morgan fingerprint density at radius 1 is 1.26 bits per heavy atom. The van der Waals surface area contributed by atoms with E-state index in [0.29, 0.717) is 13.0 Å². The van der Waals surface area contributed by atoms with E-state index >= 15 is 0 Å². The van der Waals surface area contributed by atoms with Crippen molar-refractivity contribution in [1.82, 2.24) is 25.1 Å². The van der Waals surface area contributed by atoms with Gasteiger partial charge in [-0.1, -0.05) is 6.92 Å². The number of rotatable bonds is 4. The van der Waals surface area contributed by atoms with Crippen LogP contribution in [0.1, 0.15) is 57.3 Å². The highest BCUT2D eigenvalue weighted by Crippen LogP contribution is 2.40. The molecule has 3 amide bonds. The van der Waals surface area contributed by atoms with Crippen molar-refractivity contribution in [3.63, 3.8) is 0 Å². The van der Waals surface area contributed by atoms with E-state index in [1.54, 1.807) is 12.4 Å². The maximum Gasteiger partial charge on any atom is 0.317 e.